The summed E-state index contributed by atoms with van der Waals surface area (Å²) in [6.07, 6.45) is 0. The number of nitrogens with two attached hydrogens (primary N) is 1. The number of hydrogen-bond donors (Lipinski definition) is 2. The van der Waals surface area contributed by atoms with Crippen molar-refractivity contribution >= 4 is 28.9 Å². The number of nitrogens with zero attached hydrogens (tertiary/aromatic N) is 2. The smallest absolute Gasteiger partial charge is 0.330 e. The number of carbonyl (C=O) groups is 1. The van der Waals surface area contributed by atoms with Crippen molar-refractivity contribution in [1.29, 1.82) is 0 Å². The van der Waals surface area contributed by atoms with Gasteiger partial charge in [0.15, 0.2) is 5.54 Å². The molecule has 0 spiro atoms. The molecule has 4 rings (SSSR count). The highest BCUT2D eigenvalue weighted by Crippen LogP contribution is 2.36. The van der Waals surface area contributed by atoms with Gasteiger partial charge in [-0.15, -0.1) is 10.2 Å². The van der Waals surface area contributed by atoms with Crippen LogP contribution in [0.5, 0.6) is 17.2 Å². The number of benzene rings is 3. The zero-order valence-electron chi connectivity index (χ0n) is 17.6. The average molecular weight is 482 g/mol. The van der Waals surface area contributed by atoms with E-state index in [0.717, 1.165) is 16.9 Å². The third kappa shape index (κ3) is 5.31. The summed E-state index contributed by atoms with van der Waals surface area (Å²) in [4.78, 5) is 11.4. The second kappa shape index (κ2) is 9.58. The SMILES string of the molecule is C[C@](N)(C(=O)O)c1nnc(-c2ccc(Oc3cccc(OCc4ccccc4)c3)cc2Cl)s1. The molecule has 1 atom stereocenters. The number of hydrogen-bond acceptors (Lipinski definition) is 7. The molecular weight excluding hydrogens is 462 g/mol. The highest BCUT2D eigenvalue weighted by atomic mass is 35.5. The van der Waals surface area contributed by atoms with Crippen molar-refractivity contribution in [3.63, 3.8) is 0 Å². The minimum atomic E-state index is -1.63. The van der Waals surface area contributed by atoms with Crippen LogP contribution < -0.4 is 15.2 Å². The van der Waals surface area contributed by atoms with Gasteiger partial charge in [0.2, 0.25) is 0 Å². The molecule has 0 aliphatic rings. The van der Waals surface area contributed by atoms with E-state index in [1.165, 1.54) is 6.92 Å². The van der Waals surface area contributed by atoms with Crippen LogP contribution in [0.3, 0.4) is 0 Å². The van der Waals surface area contributed by atoms with Gasteiger partial charge in [-0.2, -0.15) is 0 Å². The normalized spacial score (nSPS) is 12.7. The van der Waals surface area contributed by atoms with Crippen molar-refractivity contribution in [1.82, 2.24) is 10.2 Å². The van der Waals surface area contributed by atoms with Crippen molar-refractivity contribution in [2.45, 2.75) is 19.1 Å². The number of aromatic nitrogens is 2. The van der Waals surface area contributed by atoms with Gasteiger partial charge in [0.1, 0.15) is 33.9 Å². The molecule has 0 aliphatic carbocycles. The zero-order chi connectivity index (χ0) is 23.4. The first kappa shape index (κ1) is 22.7. The molecule has 0 fully saturated rings. The fraction of sp³-hybridized carbons (Fsp3) is 0.125. The van der Waals surface area contributed by atoms with Crippen LogP contribution in [0.2, 0.25) is 5.02 Å². The van der Waals surface area contributed by atoms with Gasteiger partial charge in [-0.25, -0.2) is 4.79 Å². The first-order valence-corrected chi connectivity index (χ1v) is 11.1. The second-order valence-corrected chi connectivity index (χ2v) is 8.80. The minimum absolute atomic E-state index is 0.189. The number of carboxylic acid groups (broad SMARTS) is 1. The molecule has 0 saturated carbocycles. The maximum Gasteiger partial charge on any atom is 0.330 e. The van der Waals surface area contributed by atoms with Crippen molar-refractivity contribution < 1.29 is 19.4 Å². The zero-order valence-corrected chi connectivity index (χ0v) is 19.1. The van der Waals surface area contributed by atoms with Crippen LogP contribution in [0.15, 0.2) is 72.8 Å². The summed E-state index contributed by atoms with van der Waals surface area (Å²) in [5, 5.41) is 18.3. The van der Waals surface area contributed by atoms with E-state index in [4.69, 9.17) is 26.8 Å². The molecule has 9 heteroatoms. The first-order chi connectivity index (χ1) is 15.8. The summed E-state index contributed by atoms with van der Waals surface area (Å²) in [5.41, 5.74) is 5.89. The van der Waals surface area contributed by atoms with Gasteiger partial charge in [0.05, 0.1) is 5.02 Å². The number of ether oxygens (including phenoxy) is 2. The Kier molecular flexibility index (Phi) is 6.60. The number of rotatable bonds is 8. The number of halogens is 1. The molecule has 3 N–H and O–H groups in total. The lowest BCUT2D eigenvalue weighted by Crippen LogP contribution is -2.41. The van der Waals surface area contributed by atoms with Crippen LogP contribution in [0.25, 0.3) is 10.6 Å². The van der Waals surface area contributed by atoms with E-state index in [1.807, 2.05) is 48.5 Å². The van der Waals surface area contributed by atoms with Gasteiger partial charge in [-0.1, -0.05) is 59.3 Å². The van der Waals surface area contributed by atoms with Crippen LogP contribution >= 0.6 is 22.9 Å². The molecule has 0 saturated heterocycles. The number of aliphatic carboxylic acids is 1. The molecule has 1 heterocycles. The summed E-state index contributed by atoms with van der Waals surface area (Å²) in [7, 11) is 0. The lowest BCUT2D eigenvalue weighted by Gasteiger charge is -2.14. The molecule has 33 heavy (non-hydrogen) atoms. The molecule has 7 nitrogen and oxygen atoms in total. The standard InChI is InChI=1S/C24H20ClN3O4S/c1-24(26,23(29)30)22-28-27-21(33-22)19-11-10-18(13-20(19)25)32-17-9-5-8-16(12-17)31-14-15-6-3-2-4-7-15/h2-13H,14,26H2,1H3,(H,29,30)/t24-/m1/s1. The van der Waals surface area contributed by atoms with Gasteiger partial charge in [-0.05, 0) is 36.8 Å². The quantitative estimate of drug-likeness (QED) is 0.342. The Morgan fingerprint density at radius 2 is 1.76 bits per heavy atom. The monoisotopic (exact) mass is 481 g/mol. The van der Waals surface area contributed by atoms with Crippen molar-refractivity contribution in [2.24, 2.45) is 5.73 Å². The Morgan fingerprint density at radius 3 is 2.48 bits per heavy atom. The van der Waals surface area contributed by atoms with E-state index in [0.29, 0.717) is 39.4 Å². The molecule has 0 unspecified atom stereocenters. The maximum absolute atomic E-state index is 11.4. The second-order valence-electron chi connectivity index (χ2n) is 7.41. The molecule has 168 valence electrons. The molecule has 3 aromatic carbocycles. The van der Waals surface area contributed by atoms with E-state index in [1.54, 1.807) is 24.3 Å². The first-order valence-electron chi connectivity index (χ1n) is 9.94. The van der Waals surface area contributed by atoms with E-state index in [-0.39, 0.29) is 5.01 Å². The summed E-state index contributed by atoms with van der Waals surface area (Å²) < 4.78 is 11.8. The van der Waals surface area contributed by atoms with E-state index >= 15 is 0 Å². The summed E-state index contributed by atoms with van der Waals surface area (Å²) in [5.74, 6) is 0.629. The Bertz CT molecular complexity index is 1280. The topological polar surface area (TPSA) is 108 Å². The third-order valence-electron chi connectivity index (χ3n) is 4.77. The van der Waals surface area contributed by atoms with E-state index < -0.39 is 11.5 Å². The summed E-state index contributed by atoms with van der Waals surface area (Å²) >= 11 is 7.53. The molecular formula is C24H20ClN3O4S. The van der Waals surface area contributed by atoms with Gasteiger partial charge < -0.3 is 20.3 Å². The summed E-state index contributed by atoms with van der Waals surface area (Å²) in [6.45, 7) is 1.83. The Hall–Kier alpha value is -3.46. The van der Waals surface area contributed by atoms with Crippen LogP contribution in [0.1, 0.15) is 17.5 Å². The average Bonchev–Trinajstić information content (AvgIpc) is 3.29. The summed E-state index contributed by atoms with van der Waals surface area (Å²) in [6, 6.07) is 22.4. The largest absolute Gasteiger partial charge is 0.489 e. The van der Waals surface area contributed by atoms with Crippen LogP contribution in [-0.4, -0.2) is 21.3 Å². The molecule has 4 aromatic rings. The van der Waals surface area contributed by atoms with Crippen molar-refractivity contribution in [2.75, 3.05) is 0 Å². The van der Waals surface area contributed by atoms with Crippen LogP contribution in [-0.2, 0) is 16.9 Å². The fourth-order valence-electron chi connectivity index (χ4n) is 2.87. The van der Waals surface area contributed by atoms with Crippen LogP contribution in [0.4, 0.5) is 0 Å². The van der Waals surface area contributed by atoms with Gasteiger partial charge in [-0.3, -0.25) is 0 Å². The Labute approximate surface area is 199 Å². The fourth-order valence-corrected chi connectivity index (χ4v) is 4.12. The molecule has 0 aliphatic heterocycles. The highest BCUT2D eigenvalue weighted by molar-refractivity contribution is 7.15. The molecule has 0 radical (unpaired) electrons. The van der Waals surface area contributed by atoms with E-state index in [9.17, 15) is 9.90 Å². The van der Waals surface area contributed by atoms with Crippen molar-refractivity contribution in [3.8, 4) is 27.8 Å². The predicted molar refractivity (Wildman–Crippen MR) is 127 cm³/mol. The third-order valence-corrected chi connectivity index (χ3v) is 6.28. The molecule has 0 amide bonds. The highest BCUT2D eigenvalue weighted by Gasteiger charge is 2.34. The van der Waals surface area contributed by atoms with Crippen molar-refractivity contribution in [3.05, 3.63) is 88.4 Å². The van der Waals surface area contributed by atoms with E-state index in [2.05, 4.69) is 10.2 Å². The Morgan fingerprint density at radius 1 is 1.03 bits per heavy atom. The van der Waals surface area contributed by atoms with Crippen LogP contribution in [0, 0.1) is 0 Å². The molecule has 0 bridgehead atoms. The van der Waals surface area contributed by atoms with Gasteiger partial charge in [0.25, 0.3) is 0 Å². The Balaban J connectivity index is 1.47. The van der Waals surface area contributed by atoms with Gasteiger partial charge >= 0.3 is 5.97 Å². The lowest BCUT2D eigenvalue weighted by atomic mass is 10.1. The van der Waals surface area contributed by atoms with Gasteiger partial charge in [0, 0.05) is 17.7 Å². The minimum Gasteiger partial charge on any atom is -0.489 e. The number of carboxylic acids is 1. The maximum atomic E-state index is 11.4. The molecule has 1 aromatic heterocycles. The predicted octanol–water partition coefficient (Wildman–Crippen LogP) is 5.49. The lowest BCUT2D eigenvalue weighted by molar-refractivity contribution is -0.143.